The number of rotatable bonds is 4. The minimum absolute atomic E-state index is 0.0877. The number of aromatic nitrogens is 2. The molecule has 1 aliphatic carbocycles. The van der Waals surface area contributed by atoms with Gasteiger partial charge in [0.1, 0.15) is 5.69 Å². The molecule has 100 valence electrons. The van der Waals surface area contributed by atoms with Crippen molar-refractivity contribution in [2.24, 2.45) is 0 Å². The van der Waals surface area contributed by atoms with Crippen LogP contribution in [0.4, 0.5) is 5.69 Å². The number of hydrogen-bond acceptors (Lipinski definition) is 4. The second kappa shape index (κ2) is 4.97. The van der Waals surface area contributed by atoms with Crippen molar-refractivity contribution in [3.8, 4) is 0 Å². The molecule has 0 aliphatic heterocycles. The first-order chi connectivity index (χ1) is 8.55. The molecule has 1 aromatic rings. The summed E-state index contributed by atoms with van der Waals surface area (Å²) < 4.78 is 0. The van der Waals surface area contributed by atoms with Gasteiger partial charge in [0.15, 0.2) is 0 Å². The molecule has 0 atom stereocenters. The average Bonchev–Trinajstić information content (AvgIpc) is 2.95. The maximum atomic E-state index is 12.0. The van der Waals surface area contributed by atoms with E-state index in [9.17, 15) is 4.79 Å². The smallest absolute Gasteiger partial charge is 0.271 e. The summed E-state index contributed by atoms with van der Waals surface area (Å²) in [5.74, 6) is -0.182. The first-order valence-corrected chi connectivity index (χ1v) is 6.30. The number of carbonyl (C=O) groups excluding carboxylic acids is 1. The second-order valence-corrected chi connectivity index (χ2v) is 5.21. The predicted octanol–water partition coefficient (Wildman–Crippen LogP) is 0.596. The molecule has 1 aromatic heterocycles. The number of carbonyl (C=O) groups is 1. The van der Waals surface area contributed by atoms with Crippen LogP contribution in [0.1, 0.15) is 36.2 Å². The number of nitrogens with two attached hydrogens (primary N) is 1. The third-order valence-electron chi connectivity index (χ3n) is 3.96. The predicted molar refractivity (Wildman–Crippen MR) is 70.2 cm³/mol. The molecule has 0 spiro atoms. The largest absolute Gasteiger partial charge is 0.396 e. The molecule has 0 bridgehead atoms. The maximum Gasteiger partial charge on any atom is 0.271 e. The van der Waals surface area contributed by atoms with E-state index in [2.05, 4.69) is 34.5 Å². The Kier molecular flexibility index (Phi) is 3.56. The lowest BCUT2D eigenvalue weighted by Crippen LogP contribution is -2.50. The zero-order valence-electron chi connectivity index (χ0n) is 11.0. The Morgan fingerprint density at radius 2 is 2.22 bits per heavy atom. The fourth-order valence-corrected chi connectivity index (χ4v) is 2.63. The fraction of sp³-hybridized carbons (Fsp3) is 0.667. The van der Waals surface area contributed by atoms with Gasteiger partial charge in [0, 0.05) is 12.1 Å². The fourth-order valence-electron chi connectivity index (χ4n) is 2.63. The van der Waals surface area contributed by atoms with Crippen LogP contribution in [0.5, 0.6) is 0 Å². The number of nitrogen functional groups attached to an aromatic ring is 1. The molecule has 0 radical (unpaired) electrons. The monoisotopic (exact) mass is 251 g/mol. The molecule has 4 N–H and O–H groups in total. The average molecular weight is 251 g/mol. The number of nitrogens with one attached hydrogen (secondary N) is 2. The normalized spacial score (nSPS) is 18.2. The second-order valence-electron chi connectivity index (χ2n) is 5.21. The number of amides is 1. The van der Waals surface area contributed by atoms with E-state index in [1.165, 1.54) is 19.0 Å². The molecule has 18 heavy (non-hydrogen) atoms. The molecule has 1 aliphatic rings. The summed E-state index contributed by atoms with van der Waals surface area (Å²) in [6.07, 6.45) is 6.14. The molecule has 0 saturated heterocycles. The standard InChI is InChI=1S/C12H21N5O/c1-17(2)12(5-3-4-6-12)8-14-11(18)10-9(13)7-15-16-10/h7H,3-6,8,13H2,1-2H3,(H,14,18)(H,15,16). The lowest BCUT2D eigenvalue weighted by atomic mass is 9.96. The van der Waals surface area contributed by atoms with Crippen LogP contribution < -0.4 is 11.1 Å². The van der Waals surface area contributed by atoms with Gasteiger partial charge in [-0.25, -0.2) is 0 Å². The van der Waals surface area contributed by atoms with E-state index in [1.807, 2.05) is 0 Å². The van der Waals surface area contributed by atoms with Gasteiger partial charge in [-0.2, -0.15) is 5.10 Å². The van der Waals surface area contributed by atoms with Gasteiger partial charge in [0.05, 0.1) is 11.9 Å². The third-order valence-corrected chi connectivity index (χ3v) is 3.96. The molecule has 6 nitrogen and oxygen atoms in total. The van der Waals surface area contributed by atoms with Crippen molar-refractivity contribution < 1.29 is 4.79 Å². The van der Waals surface area contributed by atoms with E-state index < -0.39 is 0 Å². The molecule has 1 amide bonds. The van der Waals surface area contributed by atoms with Crippen molar-refractivity contribution in [1.82, 2.24) is 20.4 Å². The van der Waals surface area contributed by atoms with Crippen LogP contribution in [0.15, 0.2) is 6.20 Å². The van der Waals surface area contributed by atoms with E-state index in [-0.39, 0.29) is 11.4 Å². The Hall–Kier alpha value is -1.56. The summed E-state index contributed by atoms with van der Waals surface area (Å²) in [7, 11) is 4.14. The number of H-pyrrole nitrogens is 1. The van der Waals surface area contributed by atoms with Crippen molar-refractivity contribution in [2.45, 2.75) is 31.2 Å². The number of nitrogens with zero attached hydrogens (tertiary/aromatic N) is 2. The van der Waals surface area contributed by atoms with Gasteiger partial charge in [-0.1, -0.05) is 12.8 Å². The highest BCUT2D eigenvalue weighted by Gasteiger charge is 2.36. The number of likely N-dealkylation sites (N-methyl/N-ethyl adjacent to an activating group) is 1. The van der Waals surface area contributed by atoms with Crippen LogP contribution in [0, 0.1) is 0 Å². The Morgan fingerprint density at radius 1 is 1.56 bits per heavy atom. The van der Waals surface area contributed by atoms with E-state index in [0.717, 1.165) is 12.8 Å². The minimum atomic E-state index is -0.182. The van der Waals surface area contributed by atoms with Crippen LogP contribution in [0.2, 0.25) is 0 Å². The Balaban J connectivity index is 1.98. The summed E-state index contributed by atoms with van der Waals surface area (Å²) in [5.41, 5.74) is 6.48. The molecular weight excluding hydrogens is 230 g/mol. The van der Waals surface area contributed by atoms with E-state index in [0.29, 0.717) is 17.9 Å². The first-order valence-electron chi connectivity index (χ1n) is 6.30. The minimum Gasteiger partial charge on any atom is -0.396 e. The van der Waals surface area contributed by atoms with Crippen molar-refractivity contribution in [1.29, 1.82) is 0 Å². The third kappa shape index (κ3) is 2.33. The lowest BCUT2D eigenvalue weighted by Gasteiger charge is -2.36. The Morgan fingerprint density at radius 3 is 2.72 bits per heavy atom. The molecular formula is C12H21N5O. The van der Waals surface area contributed by atoms with E-state index in [1.54, 1.807) is 0 Å². The highest BCUT2D eigenvalue weighted by atomic mass is 16.2. The topological polar surface area (TPSA) is 87.0 Å². The summed E-state index contributed by atoms with van der Waals surface area (Å²) >= 11 is 0. The quantitative estimate of drug-likeness (QED) is 0.731. The summed E-state index contributed by atoms with van der Waals surface area (Å²) in [4.78, 5) is 14.2. The van der Waals surface area contributed by atoms with Gasteiger partial charge >= 0.3 is 0 Å². The molecule has 2 rings (SSSR count). The lowest BCUT2D eigenvalue weighted by molar-refractivity contribution is 0.0896. The van der Waals surface area contributed by atoms with Gasteiger partial charge < -0.3 is 16.0 Å². The van der Waals surface area contributed by atoms with Crippen LogP contribution in [-0.4, -0.2) is 47.2 Å². The van der Waals surface area contributed by atoms with Crippen LogP contribution in [-0.2, 0) is 0 Å². The van der Waals surface area contributed by atoms with Gasteiger partial charge in [-0.05, 0) is 26.9 Å². The number of hydrogen-bond donors (Lipinski definition) is 3. The summed E-state index contributed by atoms with van der Waals surface area (Å²) in [5, 5.41) is 9.33. The molecule has 1 saturated carbocycles. The number of aromatic amines is 1. The van der Waals surface area contributed by atoms with Crippen molar-refractivity contribution >= 4 is 11.6 Å². The van der Waals surface area contributed by atoms with Crippen molar-refractivity contribution in [2.75, 3.05) is 26.4 Å². The van der Waals surface area contributed by atoms with Crippen molar-refractivity contribution in [3.05, 3.63) is 11.9 Å². The maximum absolute atomic E-state index is 12.0. The SMILES string of the molecule is CN(C)C1(CNC(=O)c2[nH]ncc2N)CCCC1. The van der Waals surface area contributed by atoms with Crippen molar-refractivity contribution in [3.63, 3.8) is 0 Å². The van der Waals surface area contributed by atoms with Gasteiger partial charge in [-0.15, -0.1) is 0 Å². The summed E-state index contributed by atoms with van der Waals surface area (Å²) in [6.45, 7) is 0.650. The highest BCUT2D eigenvalue weighted by molar-refractivity contribution is 5.96. The van der Waals surface area contributed by atoms with E-state index in [4.69, 9.17) is 5.73 Å². The van der Waals surface area contributed by atoms with Crippen LogP contribution >= 0.6 is 0 Å². The molecule has 0 aromatic carbocycles. The molecule has 0 unspecified atom stereocenters. The van der Waals surface area contributed by atoms with Crippen LogP contribution in [0.3, 0.4) is 0 Å². The van der Waals surface area contributed by atoms with E-state index >= 15 is 0 Å². The highest BCUT2D eigenvalue weighted by Crippen LogP contribution is 2.33. The molecule has 6 heteroatoms. The number of anilines is 1. The first kappa shape index (κ1) is 12.9. The summed E-state index contributed by atoms with van der Waals surface area (Å²) in [6, 6.07) is 0. The van der Waals surface area contributed by atoms with Gasteiger partial charge in [-0.3, -0.25) is 9.89 Å². The Bertz CT molecular complexity index is 420. The molecule has 1 heterocycles. The molecule has 1 fully saturated rings. The van der Waals surface area contributed by atoms with Gasteiger partial charge in [0.2, 0.25) is 0 Å². The van der Waals surface area contributed by atoms with Crippen LogP contribution in [0.25, 0.3) is 0 Å². The zero-order valence-corrected chi connectivity index (χ0v) is 11.0. The zero-order chi connectivity index (χ0) is 13.2. The Labute approximate surface area is 107 Å². The van der Waals surface area contributed by atoms with Gasteiger partial charge in [0.25, 0.3) is 5.91 Å².